The standard InChI is InChI=1S/C17H25N3O2/c1-18-9-10-19-17(22)15-8-5-11-20(13-15)16(21)12-14-6-3-2-4-7-14/h2-4,6-7,15,18H,5,8-13H2,1H3,(H,19,22). The molecule has 0 saturated carbocycles. The zero-order valence-electron chi connectivity index (χ0n) is 13.2. The average Bonchev–Trinajstić information content (AvgIpc) is 2.56. The zero-order chi connectivity index (χ0) is 15.8. The summed E-state index contributed by atoms with van der Waals surface area (Å²) in [6.45, 7) is 2.68. The minimum atomic E-state index is -0.0784. The van der Waals surface area contributed by atoms with E-state index < -0.39 is 0 Å². The van der Waals surface area contributed by atoms with Crippen LogP contribution in [0.1, 0.15) is 18.4 Å². The second kappa shape index (κ2) is 8.54. The fourth-order valence-electron chi connectivity index (χ4n) is 2.75. The Hall–Kier alpha value is -1.88. The van der Waals surface area contributed by atoms with Gasteiger partial charge in [-0.1, -0.05) is 30.3 Å². The maximum Gasteiger partial charge on any atom is 0.227 e. The summed E-state index contributed by atoms with van der Waals surface area (Å²) in [5.41, 5.74) is 1.02. The predicted octanol–water partition coefficient (Wildman–Crippen LogP) is 0.803. The summed E-state index contributed by atoms with van der Waals surface area (Å²) >= 11 is 0. The van der Waals surface area contributed by atoms with Gasteiger partial charge in [0.05, 0.1) is 12.3 Å². The van der Waals surface area contributed by atoms with Crippen molar-refractivity contribution >= 4 is 11.8 Å². The fourth-order valence-corrected chi connectivity index (χ4v) is 2.75. The van der Waals surface area contributed by atoms with Gasteiger partial charge in [-0.25, -0.2) is 0 Å². The molecule has 0 spiro atoms. The summed E-state index contributed by atoms with van der Waals surface area (Å²) in [6.07, 6.45) is 2.17. The van der Waals surface area contributed by atoms with Crippen LogP contribution in [-0.4, -0.2) is 49.9 Å². The van der Waals surface area contributed by atoms with Gasteiger partial charge in [0, 0.05) is 26.2 Å². The summed E-state index contributed by atoms with van der Waals surface area (Å²) in [4.78, 5) is 26.3. The number of piperidine rings is 1. The number of hydrogen-bond acceptors (Lipinski definition) is 3. The Labute approximate surface area is 132 Å². The number of amides is 2. The molecule has 1 aromatic carbocycles. The summed E-state index contributed by atoms with van der Waals surface area (Å²) in [5, 5.41) is 5.92. The number of likely N-dealkylation sites (N-methyl/N-ethyl adjacent to an activating group) is 1. The molecule has 22 heavy (non-hydrogen) atoms. The highest BCUT2D eigenvalue weighted by Crippen LogP contribution is 2.17. The third-order valence-corrected chi connectivity index (χ3v) is 4.02. The molecule has 1 unspecified atom stereocenters. The second-order valence-electron chi connectivity index (χ2n) is 5.74. The minimum Gasteiger partial charge on any atom is -0.355 e. The molecule has 2 N–H and O–H groups in total. The molecule has 1 heterocycles. The second-order valence-corrected chi connectivity index (χ2v) is 5.74. The highest BCUT2D eigenvalue weighted by atomic mass is 16.2. The average molecular weight is 303 g/mol. The van der Waals surface area contributed by atoms with Crippen molar-refractivity contribution in [2.75, 3.05) is 33.2 Å². The minimum absolute atomic E-state index is 0.0625. The molecule has 0 aromatic heterocycles. The largest absolute Gasteiger partial charge is 0.355 e. The lowest BCUT2D eigenvalue weighted by Gasteiger charge is -2.32. The van der Waals surface area contributed by atoms with E-state index in [1.165, 1.54) is 0 Å². The molecule has 1 saturated heterocycles. The number of carbonyl (C=O) groups is 2. The number of nitrogens with one attached hydrogen (secondary N) is 2. The molecule has 120 valence electrons. The highest BCUT2D eigenvalue weighted by molar-refractivity contribution is 5.82. The van der Waals surface area contributed by atoms with Crippen molar-refractivity contribution in [3.05, 3.63) is 35.9 Å². The zero-order valence-corrected chi connectivity index (χ0v) is 13.2. The summed E-state index contributed by atoms with van der Waals surface area (Å²) < 4.78 is 0. The Bertz CT molecular complexity index is 490. The van der Waals surface area contributed by atoms with Crippen molar-refractivity contribution in [3.8, 4) is 0 Å². The van der Waals surface area contributed by atoms with Crippen LogP contribution in [0.5, 0.6) is 0 Å². The topological polar surface area (TPSA) is 61.4 Å². The van der Waals surface area contributed by atoms with Gasteiger partial charge >= 0.3 is 0 Å². The van der Waals surface area contributed by atoms with E-state index in [0.29, 0.717) is 19.5 Å². The first-order valence-corrected chi connectivity index (χ1v) is 7.94. The van der Waals surface area contributed by atoms with E-state index in [1.54, 1.807) is 0 Å². The Morgan fingerprint density at radius 1 is 1.23 bits per heavy atom. The van der Waals surface area contributed by atoms with Crippen molar-refractivity contribution in [3.63, 3.8) is 0 Å². The van der Waals surface area contributed by atoms with Gasteiger partial charge in [-0.2, -0.15) is 0 Å². The molecule has 5 nitrogen and oxygen atoms in total. The molecular formula is C17H25N3O2. The lowest BCUT2D eigenvalue weighted by atomic mass is 9.96. The number of carbonyl (C=O) groups excluding carboxylic acids is 2. The smallest absolute Gasteiger partial charge is 0.227 e. The van der Waals surface area contributed by atoms with Gasteiger partial charge in [-0.15, -0.1) is 0 Å². The molecule has 2 rings (SSSR count). The van der Waals surface area contributed by atoms with Gasteiger partial charge in [0.2, 0.25) is 11.8 Å². The predicted molar refractivity (Wildman–Crippen MR) is 86.4 cm³/mol. The summed E-state index contributed by atoms with van der Waals surface area (Å²) in [5.74, 6) is 0.0942. The summed E-state index contributed by atoms with van der Waals surface area (Å²) in [7, 11) is 1.86. The van der Waals surface area contributed by atoms with Crippen molar-refractivity contribution in [2.24, 2.45) is 5.92 Å². The Balaban J connectivity index is 1.84. The van der Waals surface area contributed by atoms with Crippen molar-refractivity contribution in [2.45, 2.75) is 19.3 Å². The van der Waals surface area contributed by atoms with Crippen molar-refractivity contribution in [1.29, 1.82) is 0 Å². The molecule has 1 fully saturated rings. The maximum absolute atomic E-state index is 12.4. The van der Waals surface area contributed by atoms with E-state index >= 15 is 0 Å². The van der Waals surface area contributed by atoms with Crippen molar-refractivity contribution < 1.29 is 9.59 Å². The first-order valence-electron chi connectivity index (χ1n) is 7.94. The van der Waals surface area contributed by atoms with Gasteiger partial charge in [-0.05, 0) is 25.5 Å². The van der Waals surface area contributed by atoms with Crippen LogP contribution in [0.15, 0.2) is 30.3 Å². The van der Waals surface area contributed by atoms with Crippen LogP contribution in [0, 0.1) is 5.92 Å². The Morgan fingerprint density at radius 2 is 2.00 bits per heavy atom. The van der Waals surface area contributed by atoms with E-state index in [4.69, 9.17) is 0 Å². The van der Waals surface area contributed by atoms with E-state index in [0.717, 1.165) is 31.5 Å². The van der Waals surface area contributed by atoms with Crippen LogP contribution in [0.3, 0.4) is 0 Å². The molecule has 0 aliphatic carbocycles. The van der Waals surface area contributed by atoms with Crippen LogP contribution >= 0.6 is 0 Å². The van der Waals surface area contributed by atoms with Gasteiger partial charge < -0.3 is 15.5 Å². The molecule has 5 heteroatoms. The van der Waals surface area contributed by atoms with Gasteiger partial charge in [0.25, 0.3) is 0 Å². The summed E-state index contributed by atoms with van der Waals surface area (Å²) in [6, 6.07) is 9.75. The SMILES string of the molecule is CNCCNC(=O)C1CCCN(C(=O)Cc2ccccc2)C1. The lowest BCUT2D eigenvalue weighted by Crippen LogP contribution is -2.46. The quantitative estimate of drug-likeness (QED) is 0.764. The van der Waals surface area contributed by atoms with Crippen LogP contribution in [0.4, 0.5) is 0 Å². The number of rotatable bonds is 6. The molecule has 0 radical (unpaired) electrons. The van der Waals surface area contributed by atoms with Gasteiger partial charge in [-0.3, -0.25) is 9.59 Å². The first kappa shape index (κ1) is 16.5. The first-order chi connectivity index (χ1) is 10.7. The van der Waals surface area contributed by atoms with E-state index in [2.05, 4.69) is 10.6 Å². The van der Waals surface area contributed by atoms with Crippen LogP contribution in [-0.2, 0) is 16.0 Å². The molecule has 1 aliphatic rings. The third-order valence-electron chi connectivity index (χ3n) is 4.02. The monoisotopic (exact) mass is 303 g/mol. The number of nitrogens with zero attached hydrogens (tertiary/aromatic N) is 1. The van der Waals surface area contributed by atoms with Crippen LogP contribution in [0.25, 0.3) is 0 Å². The maximum atomic E-state index is 12.4. The molecular weight excluding hydrogens is 278 g/mol. The molecule has 1 aromatic rings. The molecule has 0 bridgehead atoms. The number of likely N-dealkylation sites (tertiary alicyclic amines) is 1. The fraction of sp³-hybridized carbons (Fsp3) is 0.529. The molecule has 1 aliphatic heterocycles. The third kappa shape index (κ3) is 4.84. The van der Waals surface area contributed by atoms with E-state index in [9.17, 15) is 9.59 Å². The number of benzene rings is 1. The van der Waals surface area contributed by atoms with Gasteiger partial charge in [0.1, 0.15) is 0 Å². The van der Waals surface area contributed by atoms with E-state index in [1.807, 2.05) is 42.3 Å². The lowest BCUT2D eigenvalue weighted by molar-refractivity contribution is -0.135. The van der Waals surface area contributed by atoms with Crippen LogP contribution in [0.2, 0.25) is 0 Å². The Kier molecular flexibility index (Phi) is 6.40. The van der Waals surface area contributed by atoms with Gasteiger partial charge in [0.15, 0.2) is 0 Å². The highest BCUT2D eigenvalue weighted by Gasteiger charge is 2.28. The van der Waals surface area contributed by atoms with E-state index in [-0.39, 0.29) is 17.7 Å². The molecule has 2 amide bonds. The van der Waals surface area contributed by atoms with Crippen LogP contribution < -0.4 is 10.6 Å². The molecule has 1 atom stereocenters. The normalized spacial score (nSPS) is 18.0. The van der Waals surface area contributed by atoms with Crippen molar-refractivity contribution in [1.82, 2.24) is 15.5 Å². The Morgan fingerprint density at radius 3 is 2.73 bits per heavy atom. The number of hydrogen-bond donors (Lipinski definition) is 2.